The molecule has 1 aromatic carbocycles. The van der Waals surface area contributed by atoms with Gasteiger partial charge in [-0.2, -0.15) is 0 Å². The van der Waals surface area contributed by atoms with E-state index >= 15 is 0 Å². The summed E-state index contributed by atoms with van der Waals surface area (Å²) in [7, 11) is 0. The summed E-state index contributed by atoms with van der Waals surface area (Å²) in [5.74, 6) is 0.117. The van der Waals surface area contributed by atoms with Crippen LogP contribution in [0.4, 0.5) is 10.1 Å². The lowest BCUT2D eigenvalue weighted by Gasteiger charge is -2.24. The quantitative estimate of drug-likeness (QED) is 0.817. The molecule has 0 aromatic heterocycles. The number of hydrogen-bond donors (Lipinski definition) is 2. The molecule has 4 heteroatoms. The fraction of sp³-hybridized carbons (Fsp3) is 0.538. The van der Waals surface area contributed by atoms with Crippen molar-refractivity contribution < 1.29 is 4.39 Å². The zero-order valence-electron chi connectivity index (χ0n) is 10.3. The number of benzene rings is 1. The van der Waals surface area contributed by atoms with Gasteiger partial charge in [-0.15, -0.1) is 0 Å². The second-order valence-corrected chi connectivity index (χ2v) is 4.85. The van der Waals surface area contributed by atoms with E-state index in [2.05, 4.69) is 19.2 Å². The molecule has 0 spiro atoms. The normalized spacial score (nSPS) is 14.4. The summed E-state index contributed by atoms with van der Waals surface area (Å²) in [6.07, 6.45) is 2.21. The van der Waals surface area contributed by atoms with E-state index in [1.165, 1.54) is 12.1 Å². The number of anilines is 1. The highest BCUT2D eigenvalue weighted by atomic mass is 35.5. The number of rotatable bonds is 6. The molecule has 1 rings (SSSR count). The van der Waals surface area contributed by atoms with Crippen LogP contribution in [0.3, 0.4) is 0 Å². The van der Waals surface area contributed by atoms with Crippen molar-refractivity contribution in [3.8, 4) is 0 Å². The fourth-order valence-corrected chi connectivity index (χ4v) is 2.16. The Hall–Kier alpha value is -0.800. The second kappa shape index (κ2) is 6.82. The van der Waals surface area contributed by atoms with Crippen LogP contribution in [0.5, 0.6) is 0 Å². The van der Waals surface area contributed by atoms with E-state index in [1.807, 2.05) is 0 Å². The molecular weight excluding hydrogens is 239 g/mol. The minimum Gasteiger partial charge on any atom is -0.381 e. The first-order valence-electron chi connectivity index (χ1n) is 5.99. The van der Waals surface area contributed by atoms with Crippen LogP contribution in [0, 0.1) is 11.7 Å². The molecule has 1 aromatic rings. The second-order valence-electron chi connectivity index (χ2n) is 4.41. The Balaban J connectivity index is 2.73. The molecule has 0 saturated heterocycles. The van der Waals surface area contributed by atoms with Gasteiger partial charge in [-0.25, -0.2) is 4.39 Å². The van der Waals surface area contributed by atoms with Gasteiger partial charge in [0, 0.05) is 23.3 Å². The summed E-state index contributed by atoms with van der Waals surface area (Å²) in [6.45, 7) is 4.81. The van der Waals surface area contributed by atoms with Crippen molar-refractivity contribution in [2.45, 2.75) is 32.7 Å². The molecule has 0 aliphatic heterocycles. The van der Waals surface area contributed by atoms with E-state index in [1.54, 1.807) is 6.07 Å². The van der Waals surface area contributed by atoms with Crippen LogP contribution in [-0.4, -0.2) is 12.6 Å². The number of nitrogens with one attached hydrogen (secondary N) is 1. The predicted octanol–water partition coefficient (Wildman–Crippen LogP) is 3.65. The fourth-order valence-electron chi connectivity index (χ4n) is 1.94. The van der Waals surface area contributed by atoms with Crippen molar-refractivity contribution in [3.05, 3.63) is 29.0 Å². The lowest BCUT2D eigenvalue weighted by Crippen LogP contribution is -2.35. The van der Waals surface area contributed by atoms with E-state index in [4.69, 9.17) is 17.3 Å². The lowest BCUT2D eigenvalue weighted by molar-refractivity contribution is 0.450. The largest absolute Gasteiger partial charge is 0.381 e. The van der Waals surface area contributed by atoms with E-state index in [0.29, 0.717) is 23.2 Å². The molecule has 2 unspecified atom stereocenters. The Morgan fingerprint density at radius 2 is 2.12 bits per heavy atom. The third-order valence-corrected chi connectivity index (χ3v) is 3.12. The number of halogens is 2. The first kappa shape index (κ1) is 14.3. The molecule has 17 heavy (non-hydrogen) atoms. The molecule has 0 radical (unpaired) electrons. The highest BCUT2D eigenvalue weighted by molar-refractivity contribution is 6.30. The van der Waals surface area contributed by atoms with Crippen LogP contribution in [-0.2, 0) is 0 Å². The zero-order chi connectivity index (χ0) is 12.8. The van der Waals surface area contributed by atoms with Crippen molar-refractivity contribution in [1.29, 1.82) is 0 Å². The molecule has 0 saturated carbocycles. The number of nitrogens with two attached hydrogens (primary N) is 1. The molecule has 2 nitrogen and oxygen atoms in total. The molecule has 0 bridgehead atoms. The van der Waals surface area contributed by atoms with Crippen molar-refractivity contribution in [2.75, 3.05) is 11.9 Å². The van der Waals surface area contributed by atoms with Gasteiger partial charge in [-0.3, -0.25) is 0 Å². The maximum absolute atomic E-state index is 13.2. The Kier molecular flexibility index (Phi) is 5.72. The predicted molar refractivity (Wildman–Crippen MR) is 71.9 cm³/mol. The minimum absolute atomic E-state index is 0.146. The molecule has 96 valence electrons. The van der Waals surface area contributed by atoms with Gasteiger partial charge in [0.2, 0.25) is 0 Å². The van der Waals surface area contributed by atoms with Gasteiger partial charge in [0.1, 0.15) is 5.82 Å². The van der Waals surface area contributed by atoms with Crippen molar-refractivity contribution in [3.63, 3.8) is 0 Å². The van der Waals surface area contributed by atoms with Gasteiger partial charge in [-0.05, 0) is 30.5 Å². The monoisotopic (exact) mass is 258 g/mol. The van der Waals surface area contributed by atoms with E-state index in [0.717, 1.165) is 12.8 Å². The summed E-state index contributed by atoms with van der Waals surface area (Å²) < 4.78 is 13.2. The summed E-state index contributed by atoms with van der Waals surface area (Å²) in [4.78, 5) is 0. The number of hydrogen-bond acceptors (Lipinski definition) is 2. The van der Waals surface area contributed by atoms with Crippen molar-refractivity contribution in [2.24, 2.45) is 11.7 Å². The summed E-state index contributed by atoms with van der Waals surface area (Å²) >= 11 is 5.81. The SMILES string of the molecule is CCCC(C)C(CN)Nc1cc(F)cc(Cl)c1. The first-order chi connectivity index (χ1) is 8.06. The Morgan fingerprint density at radius 3 is 2.65 bits per heavy atom. The van der Waals surface area contributed by atoms with Crippen molar-refractivity contribution >= 4 is 17.3 Å². The van der Waals surface area contributed by atoms with Crippen LogP contribution in [0.25, 0.3) is 0 Å². The van der Waals surface area contributed by atoms with E-state index in [9.17, 15) is 4.39 Å². The average Bonchev–Trinajstić information content (AvgIpc) is 2.24. The third kappa shape index (κ3) is 4.52. The summed E-state index contributed by atoms with van der Waals surface area (Å²) in [5.41, 5.74) is 6.43. The summed E-state index contributed by atoms with van der Waals surface area (Å²) in [5, 5.41) is 3.64. The molecule has 2 atom stereocenters. The maximum atomic E-state index is 13.2. The van der Waals surface area contributed by atoms with Crippen LogP contribution in [0.1, 0.15) is 26.7 Å². The Morgan fingerprint density at radius 1 is 1.41 bits per heavy atom. The molecular formula is C13H20ClFN2. The molecule has 0 aliphatic carbocycles. The van der Waals surface area contributed by atoms with Gasteiger partial charge >= 0.3 is 0 Å². The average molecular weight is 259 g/mol. The molecule has 0 heterocycles. The lowest BCUT2D eigenvalue weighted by atomic mass is 9.96. The molecule has 0 amide bonds. The van der Waals surface area contributed by atoms with Crippen molar-refractivity contribution in [1.82, 2.24) is 0 Å². The van der Waals surface area contributed by atoms with Crippen LogP contribution in [0.2, 0.25) is 5.02 Å². The topological polar surface area (TPSA) is 38.0 Å². The Labute approximate surface area is 107 Å². The van der Waals surface area contributed by atoms with Crippen LogP contribution >= 0.6 is 11.6 Å². The Bertz CT molecular complexity index is 337. The molecule has 0 aliphatic rings. The van der Waals surface area contributed by atoms with Gasteiger partial charge < -0.3 is 11.1 Å². The standard InChI is InChI=1S/C13H20ClFN2/c1-3-4-9(2)13(8-16)17-12-6-10(14)5-11(15)7-12/h5-7,9,13,17H,3-4,8,16H2,1-2H3. The highest BCUT2D eigenvalue weighted by Gasteiger charge is 2.15. The van der Waals surface area contributed by atoms with E-state index < -0.39 is 0 Å². The first-order valence-corrected chi connectivity index (χ1v) is 6.37. The van der Waals surface area contributed by atoms with Gasteiger partial charge in [0.05, 0.1) is 0 Å². The van der Waals surface area contributed by atoms with Crippen LogP contribution in [0.15, 0.2) is 18.2 Å². The smallest absolute Gasteiger partial charge is 0.126 e. The maximum Gasteiger partial charge on any atom is 0.126 e. The highest BCUT2D eigenvalue weighted by Crippen LogP contribution is 2.21. The summed E-state index contributed by atoms with van der Waals surface area (Å²) in [6, 6.07) is 4.59. The molecule has 0 fully saturated rings. The third-order valence-electron chi connectivity index (χ3n) is 2.90. The minimum atomic E-state index is -0.334. The van der Waals surface area contributed by atoms with E-state index in [-0.39, 0.29) is 11.9 Å². The molecule has 3 N–H and O–H groups in total. The van der Waals surface area contributed by atoms with Gasteiger partial charge in [0.25, 0.3) is 0 Å². The van der Waals surface area contributed by atoms with Gasteiger partial charge in [0.15, 0.2) is 0 Å². The zero-order valence-corrected chi connectivity index (χ0v) is 11.1. The van der Waals surface area contributed by atoms with Crippen LogP contribution < -0.4 is 11.1 Å². The van der Waals surface area contributed by atoms with Gasteiger partial charge in [-0.1, -0.05) is 31.9 Å².